The van der Waals surface area contributed by atoms with Gasteiger partial charge in [0.25, 0.3) is 5.91 Å². The average Bonchev–Trinajstić information content (AvgIpc) is 2.91. The van der Waals surface area contributed by atoms with Crippen molar-refractivity contribution in [1.82, 2.24) is 4.90 Å². The molecule has 2 rings (SSSR count). The van der Waals surface area contributed by atoms with Crippen LogP contribution in [0.4, 0.5) is 10.5 Å². The third-order valence-electron chi connectivity index (χ3n) is 2.99. The van der Waals surface area contributed by atoms with Crippen molar-refractivity contribution in [3.63, 3.8) is 0 Å². The molecule has 2 aromatic rings. The molecule has 0 atom stereocenters. The van der Waals surface area contributed by atoms with Gasteiger partial charge in [0.05, 0.1) is 10.9 Å². The van der Waals surface area contributed by atoms with Crippen molar-refractivity contribution in [1.29, 1.82) is 0 Å². The Hall–Kier alpha value is -2.31. The van der Waals surface area contributed by atoms with Crippen LogP contribution in [0, 0.1) is 0 Å². The van der Waals surface area contributed by atoms with Crippen LogP contribution in [-0.4, -0.2) is 23.4 Å². The lowest BCUT2D eigenvalue weighted by atomic mass is 10.1. The molecule has 0 spiro atoms. The molecule has 0 unspecified atom stereocenters. The molecule has 0 aliphatic heterocycles. The molecule has 7 heteroatoms. The largest absolute Gasteiger partial charge is 0.351 e. The van der Waals surface area contributed by atoms with E-state index in [4.69, 9.17) is 17.3 Å². The summed E-state index contributed by atoms with van der Waals surface area (Å²) in [6, 6.07) is 9.64. The van der Waals surface area contributed by atoms with E-state index in [1.54, 1.807) is 41.3 Å². The van der Waals surface area contributed by atoms with E-state index in [0.717, 1.165) is 4.88 Å². The second-order valence-electron chi connectivity index (χ2n) is 4.75. The highest BCUT2D eigenvalue weighted by molar-refractivity contribution is 7.16. The van der Waals surface area contributed by atoms with Crippen LogP contribution in [0.5, 0.6) is 0 Å². The second-order valence-corrected chi connectivity index (χ2v) is 6.55. The number of urea groups is 1. The molecular formula is C16H16ClN3O2S. The van der Waals surface area contributed by atoms with Gasteiger partial charge in [-0.3, -0.25) is 4.79 Å². The molecule has 0 saturated carbocycles. The van der Waals surface area contributed by atoms with E-state index in [1.165, 1.54) is 11.3 Å². The minimum Gasteiger partial charge on any atom is -0.351 e. The van der Waals surface area contributed by atoms with Gasteiger partial charge in [-0.15, -0.1) is 17.9 Å². The summed E-state index contributed by atoms with van der Waals surface area (Å²) in [7, 11) is 0. The van der Waals surface area contributed by atoms with Gasteiger partial charge in [-0.2, -0.15) is 0 Å². The Balaban J connectivity index is 2.19. The Bertz CT molecular complexity index is 730. The first-order valence-corrected chi connectivity index (χ1v) is 8.00. The van der Waals surface area contributed by atoms with Crippen LogP contribution in [0.1, 0.15) is 15.2 Å². The number of amides is 3. The molecule has 120 valence electrons. The molecule has 0 aliphatic rings. The maximum Gasteiger partial charge on any atom is 0.316 e. The third kappa shape index (κ3) is 4.84. The Morgan fingerprint density at radius 2 is 2.13 bits per heavy atom. The number of primary amides is 1. The van der Waals surface area contributed by atoms with Gasteiger partial charge in [-0.05, 0) is 30.3 Å². The van der Waals surface area contributed by atoms with Gasteiger partial charge in [-0.1, -0.05) is 23.7 Å². The fourth-order valence-corrected chi connectivity index (χ4v) is 3.16. The molecule has 23 heavy (non-hydrogen) atoms. The number of anilines is 1. The van der Waals surface area contributed by atoms with Crippen molar-refractivity contribution in [2.45, 2.75) is 6.54 Å². The third-order valence-corrected chi connectivity index (χ3v) is 4.21. The van der Waals surface area contributed by atoms with Gasteiger partial charge in [0.15, 0.2) is 0 Å². The van der Waals surface area contributed by atoms with Crippen LogP contribution < -0.4 is 11.1 Å². The summed E-state index contributed by atoms with van der Waals surface area (Å²) in [5, 5.41) is 2.46. The summed E-state index contributed by atoms with van der Waals surface area (Å²) in [4.78, 5) is 26.2. The quantitative estimate of drug-likeness (QED) is 0.780. The topological polar surface area (TPSA) is 75.4 Å². The number of hydrogen-bond acceptors (Lipinski definition) is 3. The predicted octanol–water partition coefficient (Wildman–Crippen LogP) is 3.72. The molecule has 1 aromatic heterocycles. The van der Waals surface area contributed by atoms with E-state index in [9.17, 15) is 9.59 Å². The molecule has 1 heterocycles. The number of carbonyl (C=O) groups is 2. The van der Waals surface area contributed by atoms with Crippen molar-refractivity contribution >= 4 is 40.6 Å². The molecular weight excluding hydrogens is 334 g/mol. The molecule has 3 N–H and O–H groups in total. The molecule has 0 bridgehead atoms. The van der Waals surface area contributed by atoms with E-state index in [1.807, 2.05) is 6.07 Å². The Labute approximate surface area is 143 Å². The lowest BCUT2D eigenvalue weighted by Gasteiger charge is -2.20. The van der Waals surface area contributed by atoms with Crippen molar-refractivity contribution in [2.24, 2.45) is 5.73 Å². The standard InChI is InChI=1S/C16H16ClN3O2S/c1-2-8-20(10-13-6-7-14(17)23-13)15(21)11-4-3-5-12(9-11)19-16(18)22/h2-7,9H,1,8,10H2,(H3,18,19,22). The normalized spacial score (nSPS) is 10.1. The lowest BCUT2D eigenvalue weighted by Crippen LogP contribution is -2.30. The van der Waals surface area contributed by atoms with Gasteiger partial charge in [0.2, 0.25) is 0 Å². The number of nitrogens with zero attached hydrogens (tertiary/aromatic N) is 1. The van der Waals surface area contributed by atoms with Crippen molar-refractivity contribution in [3.8, 4) is 0 Å². The Morgan fingerprint density at radius 1 is 1.35 bits per heavy atom. The molecule has 3 amide bonds. The number of benzene rings is 1. The minimum atomic E-state index is -0.675. The van der Waals surface area contributed by atoms with Crippen LogP contribution in [0.25, 0.3) is 0 Å². The zero-order chi connectivity index (χ0) is 16.8. The summed E-state index contributed by atoms with van der Waals surface area (Å²) in [5.41, 5.74) is 6.03. The summed E-state index contributed by atoms with van der Waals surface area (Å²) in [6.45, 7) is 4.54. The highest BCUT2D eigenvalue weighted by atomic mass is 35.5. The summed E-state index contributed by atoms with van der Waals surface area (Å²) < 4.78 is 0.679. The average molecular weight is 350 g/mol. The summed E-state index contributed by atoms with van der Waals surface area (Å²) in [5.74, 6) is -0.164. The first kappa shape index (κ1) is 17.1. The van der Waals surface area contributed by atoms with E-state index in [2.05, 4.69) is 11.9 Å². The SMILES string of the molecule is C=CCN(Cc1ccc(Cl)s1)C(=O)c1cccc(NC(N)=O)c1. The fourth-order valence-electron chi connectivity index (χ4n) is 2.05. The highest BCUT2D eigenvalue weighted by Crippen LogP contribution is 2.23. The van der Waals surface area contributed by atoms with E-state index < -0.39 is 6.03 Å². The summed E-state index contributed by atoms with van der Waals surface area (Å²) in [6.07, 6.45) is 1.67. The van der Waals surface area contributed by atoms with E-state index >= 15 is 0 Å². The van der Waals surface area contributed by atoms with E-state index in [0.29, 0.717) is 28.7 Å². The monoisotopic (exact) mass is 349 g/mol. The fraction of sp³-hybridized carbons (Fsp3) is 0.125. The van der Waals surface area contributed by atoms with Crippen molar-refractivity contribution in [2.75, 3.05) is 11.9 Å². The number of thiophene rings is 1. The number of halogens is 1. The Kier molecular flexibility index (Phi) is 5.78. The molecule has 0 aliphatic carbocycles. The molecule has 1 aromatic carbocycles. The zero-order valence-corrected chi connectivity index (χ0v) is 13.9. The predicted molar refractivity (Wildman–Crippen MR) is 93.9 cm³/mol. The van der Waals surface area contributed by atoms with Crippen molar-refractivity contribution in [3.05, 3.63) is 63.8 Å². The number of nitrogens with two attached hydrogens (primary N) is 1. The first-order chi connectivity index (χ1) is 11.0. The summed E-state index contributed by atoms with van der Waals surface area (Å²) >= 11 is 7.36. The van der Waals surface area contributed by atoms with Crippen LogP contribution in [-0.2, 0) is 6.54 Å². The van der Waals surface area contributed by atoms with Crippen LogP contribution in [0.15, 0.2) is 49.1 Å². The molecule has 0 fully saturated rings. The maximum atomic E-state index is 12.7. The second kappa shape index (κ2) is 7.80. The number of nitrogens with one attached hydrogen (secondary N) is 1. The molecule has 0 saturated heterocycles. The zero-order valence-electron chi connectivity index (χ0n) is 12.3. The van der Waals surface area contributed by atoms with Gasteiger partial charge in [-0.25, -0.2) is 4.79 Å². The van der Waals surface area contributed by atoms with Crippen LogP contribution in [0.3, 0.4) is 0 Å². The Morgan fingerprint density at radius 3 is 2.74 bits per heavy atom. The smallest absolute Gasteiger partial charge is 0.316 e. The lowest BCUT2D eigenvalue weighted by molar-refractivity contribution is 0.0764. The van der Waals surface area contributed by atoms with Crippen LogP contribution >= 0.6 is 22.9 Å². The van der Waals surface area contributed by atoms with Gasteiger partial charge < -0.3 is 16.0 Å². The number of carbonyl (C=O) groups excluding carboxylic acids is 2. The maximum absolute atomic E-state index is 12.7. The molecule has 5 nitrogen and oxygen atoms in total. The number of hydrogen-bond donors (Lipinski definition) is 2. The van der Waals surface area contributed by atoms with Gasteiger partial charge >= 0.3 is 6.03 Å². The van der Waals surface area contributed by atoms with Gasteiger partial charge in [0.1, 0.15) is 0 Å². The highest BCUT2D eigenvalue weighted by Gasteiger charge is 2.16. The first-order valence-electron chi connectivity index (χ1n) is 6.80. The van der Waals surface area contributed by atoms with Crippen LogP contribution in [0.2, 0.25) is 4.34 Å². The van der Waals surface area contributed by atoms with Gasteiger partial charge in [0, 0.05) is 22.7 Å². The number of rotatable bonds is 6. The molecule has 0 radical (unpaired) electrons. The van der Waals surface area contributed by atoms with E-state index in [-0.39, 0.29) is 5.91 Å². The van der Waals surface area contributed by atoms with Crippen molar-refractivity contribution < 1.29 is 9.59 Å². The minimum absolute atomic E-state index is 0.164.